The molecule has 1 heterocycles. The summed E-state index contributed by atoms with van der Waals surface area (Å²) in [5.41, 5.74) is 3.77. The van der Waals surface area contributed by atoms with Crippen LogP contribution in [0.25, 0.3) is 10.6 Å². The van der Waals surface area contributed by atoms with Gasteiger partial charge in [-0.05, 0) is 25.0 Å². The van der Waals surface area contributed by atoms with E-state index < -0.39 is 0 Å². The fourth-order valence-electron chi connectivity index (χ4n) is 2.52. The Morgan fingerprint density at radius 1 is 1.16 bits per heavy atom. The molecule has 2 aromatic carbocycles. The van der Waals surface area contributed by atoms with E-state index in [9.17, 15) is 4.79 Å². The summed E-state index contributed by atoms with van der Waals surface area (Å²) < 4.78 is 5.32. The highest BCUT2D eigenvalue weighted by atomic mass is 32.1. The molecule has 0 spiro atoms. The van der Waals surface area contributed by atoms with Gasteiger partial charge in [0.25, 0.3) is 5.91 Å². The first-order valence-corrected chi connectivity index (χ1v) is 8.98. The predicted octanol–water partition coefficient (Wildman–Crippen LogP) is 4.10. The zero-order chi connectivity index (χ0) is 17.6. The molecule has 25 heavy (non-hydrogen) atoms. The molecule has 1 amide bonds. The van der Waals surface area contributed by atoms with Gasteiger partial charge < -0.3 is 10.1 Å². The van der Waals surface area contributed by atoms with Crippen molar-refractivity contribution in [1.82, 2.24) is 10.3 Å². The predicted molar refractivity (Wildman–Crippen MR) is 101 cm³/mol. The average Bonchev–Trinajstić information content (AvgIpc) is 3.13. The van der Waals surface area contributed by atoms with Crippen LogP contribution in [0.15, 0.2) is 53.9 Å². The van der Waals surface area contributed by atoms with Crippen molar-refractivity contribution >= 4 is 17.2 Å². The van der Waals surface area contributed by atoms with Crippen molar-refractivity contribution in [3.05, 3.63) is 70.7 Å². The first-order chi connectivity index (χ1) is 12.2. The van der Waals surface area contributed by atoms with Crippen LogP contribution in [0, 0.1) is 6.92 Å². The maximum atomic E-state index is 12.3. The third-order valence-corrected chi connectivity index (χ3v) is 4.80. The van der Waals surface area contributed by atoms with Gasteiger partial charge in [-0.2, -0.15) is 0 Å². The number of hydrogen-bond acceptors (Lipinski definition) is 4. The Labute approximate surface area is 151 Å². The van der Waals surface area contributed by atoms with E-state index in [0.29, 0.717) is 18.7 Å². The summed E-state index contributed by atoms with van der Waals surface area (Å²) in [5.74, 6) is 0.691. The van der Waals surface area contributed by atoms with Crippen molar-refractivity contribution in [2.24, 2.45) is 0 Å². The van der Waals surface area contributed by atoms with E-state index in [1.807, 2.05) is 55.5 Å². The molecule has 5 heteroatoms. The molecule has 0 fully saturated rings. The van der Waals surface area contributed by atoms with Crippen LogP contribution in [0.4, 0.5) is 0 Å². The van der Waals surface area contributed by atoms with Gasteiger partial charge in [-0.3, -0.25) is 4.79 Å². The van der Waals surface area contributed by atoms with Crippen LogP contribution in [-0.4, -0.2) is 24.5 Å². The maximum absolute atomic E-state index is 12.3. The first kappa shape index (κ1) is 17.2. The number of methoxy groups -OCH3 is 1. The second-order valence-electron chi connectivity index (χ2n) is 5.72. The molecule has 0 aliphatic carbocycles. The minimum Gasteiger partial charge on any atom is -0.496 e. The molecule has 0 aliphatic heterocycles. The minimum atomic E-state index is -0.149. The zero-order valence-corrected chi connectivity index (χ0v) is 15.1. The number of hydrogen-bond donors (Lipinski definition) is 1. The summed E-state index contributed by atoms with van der Waals surface area (Å²) >= 11 is 1.48. The van der Waals surface area contributed by atoms with Gasteiger partial charge in [0.05, 0.1) is 7.11 Å². The molecule has 0 bridgehead atoms. The van der Waals surface area contributed by atoms with E-state index in [1.165, 1.54) is 16.9 Å². The fraction of sp³-hybridized carbons (Fsp3) is 0.200. The quantitative estimate of drug-likeness (QED) is 0.727. The van der Waals surface area contributed by atoms with Crippen LogP contribution < -0.4 is 10.1 Å². The zero-order valence-electron chi connectivity index (χ0n) is 14.3. The highest BCUT2D eigenvalue weighted by Crippen LogP contribution is 2.24. The third kappa shape index (κ3) is 4.25. The van der Waals surface area contributed by atoms with E-state index in [0.717, 1.165) is 21.9 Å². The van der Waals surface area contributed by atoms with Gasteiger partial charge in [-0.15, -0.1) is 11.3 Å². The summed E-state index contributed by atoms with van der Waals surface area (Å²) in [4.78, 5) is 16.7. The monoisotopic (exact) mass is 352 g/mol. The number of para-hydroxylation sites is 1. The summed E-state index contributed by atoms with van der Waals surface area (Å²) in [6, 6.07) is 16.0. The summed E-state index contributed by atoms with van der Waals surface area (Å²) in [5, 5.41) is 5.58. The molecule has 1 aromatic heterocycles. The standard InChI is InChI=1S/C20H20N2O2S/c1-14-7-9-16(10-8-14)20-22-17(13-25-20)19(23)21-12-11-15-5-3-4-6-18(15)24-2/h3-10,13H,11-12H2,1-2H3,(H,21,23). The number of nitrogens with zero attached hydrogens (tertiary/aromatic N) is 1. The van der Waals surface area contributed by atoms with E-state index in [-0.39, 0.29) is 5.91 Å². The van der Waals surface area contributed by atoms with Gasteiger partial charge in [0.2, 0.25) is 0 Å². The first-order valence-electron chi connectivity index (χ1n) is 8.10. The molecule has 0 radical (unpaired) electrons. The number of ether oxygens (including phenoxy) is 1. The third-order valence-electron chi connectivity index (χ3n) is 3.91. The maximum Gasteiger partial charge on any atom is 0.270 e. The lowest BCUT2D eigenvalue weighted by atomic mass is 10.1. The Morgan fingerprint density at radius 3 is 2.68 bits per heavy atom. The highest BCUT2D eigenvalue weighted by Gasteiger charge is 2.12. The number of carbonyl (C=O) groups is 1. The molecule has 0 saturated carbocycles. The molecule has 0 aliphatic rings. The summed E-state index contributed by atoms with van der Waals surface area (Å²) in [7, 11) is 1.65. The van der Waals surface area contributed by atoms with E-state index in [4.69, 9.17) is 4.74 Å². The number of amides is 1. The van der Waals surface area contributed by atoms with Gasteiger partial charge in [0, 0.05) is 17.5 Å². The van der Waals surface area contributed by atoms with Crippen LogP contribution in [0.1, 0.15) is 21.6 Å². The number of rotatable bonds is 6. The molecule has 0 unspecified atom stereocenters. The summed E-state index contributed by atoms with van der Waals surface area (Å²) in [6.07, 6.45) is 0.713. The normalized spacial score (nSPS) is 10.5. The Bertz CT molecular complexity index is 856. The summed E-state index contributed by atoms with van der Waals surface area (Å²) in [6.45, 7) is 2.59. The molecule has 4 nitrogen and oxygen atoms in total. The number of thiazole rings is 1. The Morgan fingerprint density at radius 2 is 1.92 bits per heavy atom. The molecule has 0 atom stereocenters. The largest absolute Gasteiger partial charge is 0.496 e. The molecule has 1 N–H and O–H groups in total. The Hall–Kier alpha value is -2.66. The van der Waals surface area contributed by atoms with Crippen LogP contribution >= 0.6 is 11.3 Å². The molecular weight excluding hydrogens is 332 g/mol. The van der Waals surface area contributed by atoms with Gasteiger partial charge >= 0.3 is 0 Å². The number of aromatic nitrogens is 1. The van der Waals surface area contributed by atoms with Gasteiger partial charge in [0.1, 0.15) is 16.5 Å². The van der Waals surface area contributed by atoms with Gasteiger partial charge in [0.15, 0.2) is 0 Å². The topological polar surface area (TPSA) is 51.2 Å². The molecule has 3 rings (SSSR count). The molecule has 3 aromatic rings. The van der Waals surface area contributed by atoms with Crippen LogP contribution in [0.5, 0.6) is 5.75 Å². The molecule has 0 saturated heterocycles. The van der Waals surface area contributed by atoms with E-state index >= 15 is 0 Å². The highest BCUT2D eigenvalue weighted by molar-refractivity contribution is 7.13. The molecule has 128 valence electrons. The minimum absolute atomic E-state index is 0.149. The second kappa shape index (κ2) is 7.94. The number of aryl methyl sites for hydroxylation is 1. The smallest absolute Gasteiger partial charge is 0.270 e. The van der Waals surface area contributed by atoms with Crippen molar-refractivity contribution in [3.8, 4) is 16.3 Å². The van der Waals surface area contributed by atoms with Crippen molar-refractivity contribution in [2.45, 2.75) is 13.3 Å². The van der Waals surface area contributed by atoms with Crippen LogP contribution in [0.2, 0.25) is 0 Å². The number of benzene rings is 2. The lowest BCUT2D eigenvalue weighted by Crippen LogP contribution is -2.26. The lowest BCUT2D eigenvalue weighted by molar-refractivity contribution is 0.0950. The Balaban J connectivity index is 1.59. The second-order valence-corrected chi connectivity index (χ2v) is 6.58. The Kier molecular flexibility index (Phi) is 5.46. The van der Waals surface area contributed by atoms with Gasteiger partial charge in [-0.1, -0.05) is 48.0 Å². The number of nitrogens with one attached hydrogen (secondary N) is 1. The molecular formula is C20H20N2O2S. The SMILES string of the molecule is COc1ccccc1CCNC(=O)c1csc(-c2ccc(C)cc2)n1. The lowest BCUT2D eigenvalue weighted by Gasteiger charge is -2.08. The fourth-order valence-corrected chi connectivity index (χ4v) is 3.32. The van der Waals surface area contributed by atoms with Crippen molar-refractivity contribution in [1.29, 1.82) is 0 Å². The van der Waals surface area contributed by atoms with Gasteiger partial charge in [-0.25, -0.2) is 4.98 Å². The van der Waals surface area contributed by atoms with Crippen LogP contribution in [0.3, 0.4) is 0 Å². The van der Waals surface area contributed by atoms with Crippen molar-refractivity contribution in [3.63, 3.8) is 0 Å². The average molecular weight is 352 g/mol. The van der Waals surface area contributed by atoms with Crippen LogP contribution in [-0.2, 0) is 6.42 Å². The van der Waals surface area contributed by atoms with Crippen molar-refractivity contribution in [2.75, 3.05) is 13.7 Å². The van der Waals surface area contributed by atoms with Crippen molar-refractivity contribution < 1.29 is 9.53 Å². The number of carbonyl (C=O) groups excluding carboxylic acids is 1. The van der Waals surface area contributed by atoms with E-state index in [1.54, 1.807) is 12.5 Å². The van der Waals surface area contributed by atoms with E-state index in [2.05, 4.69) is 10.3 Å².